The highest BCUT2D eigenvalue weighted by Crippen LogP contribution is 2.27. The van der Waals surface area contributed by atoms with E-state index in [1.807, 2.05) is 18.2 Å². The second-order valence-corrected chi connectivity index (χ2v) is 5.92. The number of fused-ring (bicyclic) bond motifs is 1. The molecule has 0 saturated heterocycles. The molecule has 76 valence electrons. The van der Waals surface area contributed by atoms with Gasteiger partial charge in [0.1, 0.15) is 0 Å². The smallest absolute Gasteiger partial charge is 0.229 e. The van der Waals surface area contributed by atoms with E-state index in [2.05, 4.69) is 4.72 Å². The molecule has 0 aromatic heterocycles. The van der Waals surface area contributed by atoms with Crippen LogP contribution in [0.2, 0.25) is 0 Å². The van der Waals surface area contributed by atoms with Gasteiger partial charge in [0.05, 0.1) is 5.75 Å². The summed E-state index contributed by atoms with van der Waals surface area (Å²) in [7, 11) is -2.74. The van der Waals surface area contributed by atoms with Gasteiger partial charge in [-0.15, -0.1) is 0 Å². The van der Waals surface area contributed by atoms with Crippen LogP contribution in [-0.2, 0) is 21.5 Å². The largest absolute Gasteiger partial charge is 0.369 e. The van der Waals surface area contributed by atoms with Gasteiger partial charge in [-0.05, 0) is 21.7 Å². The monoisotopic (exact) mass is 212 g/mol. The predicted octanol–water partition coefficient (Wildman–Crippen LogP) is -0.434. The minimum Gasteiger partial charge on any atom is -0.369 e. The number of primary amides is 1. The van der Waals surface area contributed by atoms with Crippen molar-refractivity contribution in [3.05, 3.63) is 29.8 Å². The van der Waals surface area contributed by atoms with Gasteiger partial charge in [-0.1, -0.05) is 18.2 Å². The highest BCUT2D eigenvalue weighted by molar-refractivity contribution is 8.02. The van der Waals surface area contributed by atoms with Crippen molar-refractivity contribution in [2.24, 2.45) is 5.73 Å². The SMILES string of the molecule is NC(=O)C[SH]1(=O)NCc2ccccc21. The molecule has 1 aliphatic heterocycles. The van der Waals surface area contributed by atoms with E-state index < -0.39 is 16.0 Å². The molecular formula is C9H12N2O2S. The number of rotatable bonds is 2. The maximum Gasteiger partial charge on any atom is 0.229 e. The van der Waals surface area contributed by atoms with Gasteiger partial charge >= 0.3 is 0 Å². The molecule has 0 radical (unpaired) electrons. The lowest BCUT2D eigenvalue weighted by atomic mass is 10.2. The van der Waals surface area contributed by atoms with E-state index in [-0.39, 0.29) is 5.75 Å². The number of thiol groups is 1. The molecule has 5 heteroatoms. The topological polar surface area (TPSA) is 72.2 Å². The average molecular weight is 212 g/mol. The number of nitrogens with one attached hydrogen (secondary N) is 1. The van der Waals surface area contributed by atoms with Crippen LogP contribution in [0.5, 0.6) is 0 Å². The van der Waals surface area contributed by atoms with E-state index in [9.17, 15) is 9.00 Å². The van der Waals surface area contributed by atoms with E-state index in [0.717, 1.165) is 10.5 Å². The Bertz CT molecular complexity index is 431. The summed E-state index contributed by atoms with van der Waals surface area (Å²) in [5.41, 5.74) is 6.06. The van der Waals surface area contributed by atoms with E-state index in [1.165, 1.54) is 0 Å². The number of hydrogen-bond donors (Lipinski definition) is 3. The summed E-state index contributed by atoms with van der Waals surface area (Å²) in [6, 6.07) is 7.40. The van der Waals surface area contributed by atoms with Crippen LogP contribution < -0.4 is 10.5 Å². The van der Waals surface area contributed by atoms with Gasteiger partial charge in [0.25, 0.3) is 0 Å². The Morgan fingerprint density at radius 2 is 2.21 bits per heavy atom. The van der Waals surface area contributed by atoms with Gasteiger partial charge in [0.2, 0.25) is 5.91 Å². The summed E-state index contributed by atoms with van der Waals surface area (Å²) in [5, 5.41) is 0. The van der Waals surface area contributed by atoms with Crippen molar-refractivity contribution in [1.82, 2.24) is 4.72 Å². The number of nitrogens with two attached hydrogens (primary N) is 1. The molecule has 0 spiro atoms. The molecule has 0 aliphatic carbocycles. The van der Waals surface area contributed by atoms with E-state index in [4.69, 9.17) is 5.73 Å². The van der Waals surface area contributed by atoms with Gasteiger partial charge < -0.3 is 5.73 Å². The van der Waals surface area contributed by atoms with Crippen LogP contribution in [0.15, 0.2) is 29.2 Å². The predicted molar refractivity (Wildman–Crippen MR) is 55.1 cm³/mol. The van der Waals surface area contributed by atoms with Crippen LogP contribution in [0.25, 0.3) is 0 Å². The standard InChI is InChI=1S/C9H12N2O2S/c10-9(12)6-14(13)8-4-2-1-3-7(8)5-11-14/h1-4,14H,5-6H2,(H2,10,12)(H,11,13). The Labute approximate surface area is 83.0 Å². The molecule has 1 aromatic rings. The third-order valence-corrected chi connectivity index (χ3v) is 4.92. The van der Waals surface area contributed by atoms with Gasteiger partial charge in [-0.2, -0.15) is 0 Å². The van der Waals surface area contributed by atoms with Crippen molar-refractivity contribution >= 4 is 16.0 Å². The van der Waals surface area contributed by atoms with Crippen LogP contribution >= 0.6 is 0 Å². The number of hydrogen-bond acceptors (Lipinski definition) is 2. The molecule has 1 amide bonds. The summed E-state index contributed by atoms with van der Waals surface area (Å²) in [5.74, 6) is -0.623. The molecule has 0 bridgehead atoms. The highest BCUT2D eigenvalue weighted by Gasteiger charge is 2.27. The Kier molecular flexibility index (Phi) is 2.13. The molecule has 4 nitrogen and oxygen atoms in total. The molecule has 1 heterocycles. The molecule has 0 fully saturated rings. The minimum absolute atomic E-state index is 0.0932. The van der Waals surface area contributed by atoms with Crippen LogP contribution in [0.1, 0.15) is 5.56 Å². The summed E-state index contributed by atoms with van der Waals surface area (Å²) < 4.78 is 15.1. The van der Waals surface area contributed by atoms with E-state index >= 15 is 0 Å². The van der Waals surface area contributed by atoms with Crippen molar-refractivity contribution in [2.75, 3.05) is 5.75 Å². The van der Waals surface area contributed by atoms with Crippen molar-refractivity contribution in [3.8, 4) is 0 Å². The van der Waals surface area contributed by atoms with Crippen LogP contribution in [-0.4, -0.2) is 15.9 Å². The number of amides is 1. The van der Waals surface area contributed by atoms with Crippen molar-refractivity contribution in [3.63, 3.8) is 0 Å². The molecule has 14 heavy (non-hydrogen) atoms. The molecule has 0 saturated carbocycles. The van der Waals surface area contributed by atoms with Gasteiger partial charge in [-0.25, -0.2) is 0 Å². The zero-order valence-corrected chi connectivity index (χ0v) is 8.46. The summed E-state index contributed by atoms with van der Waals surface area (Å²) >= 11 is 0. The van der Waals surface area contributed by atoms with Crippen molar-refractivity contribution in [2.45, 2.75) is 11.4 Å². The zero-order chi connectivity index (χ0) is 10.2. The molecule has 1 aromatic carbocycles. The van der Waals surface area contributed by atoms with Crippen LogP contribution in [0.3, 0.4) is 0 Å². The summed E-state index contributed by atoms with van der Waals surface area (Å²) in [6.07, 6.45) is 0. The third kappa shape index (κ3) is 1.44. The molecular weight excluding hydrogens is 200 g/mol. The van der Waals surface area contributed by atoms with Crippen molar-refractivity contribution in [1.29, 1.82) is 0 Å². The minimum atomic E-state index is -2.74. The fraction of sp³-hybridized carbons (Fsp3) is 0.222. The molecule has 3 N–H and O–H groups in total. The van der Waals surface area contributed by atoms with E-state index in [1.54, 1.807) is 6.07 Å². The average Bonchev–Trinajstić information content (AvgIpc) is 2.44. The fourth-order valence-corrected chi connectivity index (χ4v) is 3.93. The molecule has 1 aliphatic rings. The normalized spacial score (nSPS) is 20.0. The lowest BCUT2D eigenvalue weighted by Crippen LogP contribution is -2.35. The first-order valence-corrected chi connectivity index (χ1v) is 6.22. The molecule has 0 unspecified atom stereocenters. The Morgan fingerprint density at radius 3 is 2.93 bits per heavy atom. The second-order valence-electron chi connectivity index (χ2n) is 3.33. The number of carbonyl (C=O) groups excluding carboxylic acids is 1. The van der Waals surface area contributed by atoms with Crippen molar-refractivity contribution < 1.29 is 9.00 Å². The third-order valence-electron chi connectivity index (χ3n) is 2.28. The first kappa shape index (κ1) is 9.36. The second kappa shape index (κ2) is 3.18. The van der Waals surface area contributed by atoms with Gasteiger partial charge in [-0.3, -0.25) is 13.7 Å². The van der Waals surface area contributed by atoms with Crippen LogP contribution in [0, 0.1) is 0 Å². The number of benzene rings is 1. The maximum absolute atomic E-state index is 12.2. The fourth-order valence-electron chi connectivity index (χ4n) is 1.67. The quantitative estimate of drug-likeness (QED) is 0.582. The lowest BCUT2D eigenvalue weighted by molar-refractivity contribution is -0.115. The first-order chi connectivity index (χ1) is 6.62. The van der Waals surface area contributed by atoms with Crippen LogP contribution in [0.4, 0.5) is 0 Å². The Morgan fingerprint density at radius 1 is 1.50 bits per heavy atom. The highest BCUT2D eigenvalue weighted by atomic mass is 32.3. The van der Waals surface area contributed by atoms with E-state index in [0.29, 0.717) is 6.54 Å². The van der Waals surface area contributed by atoms with Gasteiger partial charge in [0, 0.05) is 11.4 Å². The first-order valence-electron chi connectivity index (χ1n) is 4.33. The summed E-state index contributed by atoms with van der Waals surface area (Å²) in [6.45, 7) is 0.556. The van der Waals surface area contributed by atoms with Gasteiger partial charge in [0.15, 0.2) is 0 Å². The lowest BCUT2D eigenvalue weighted by Gasteiger charge is -2.17. The Hall–Kier alpha value is -1.20. The molecule has 0 atom stereocenters. The molecule has 2 rings (SSSR count). The Balaban J connectivity index is 2.42. The number of carbonyl (C=O) groups is 1. The maximum atomic E-state index is 12.2. The summed E-state index contributed by atoms with van der Waals surface area (Å²) in [4.78, 5) is 11.5. The zero-order valence-electron chi connectivity index (χ0n) is 7.56.